The lowest BCUT2D eigenvalue weighted by molar-refractivity contribution is 0.0592. The molecule has 5 heteroatoms. The second kappa shape index (κ2) is 5.48. The lowest BCUT2D eigenvalue weighted by Gasteiger charge is -2.37. The van der Waals surface area contributed by atoms with Crippen LogP contribution in [0, 0.1) is 0 Å². The molecule has 0 spiro atoms. The zero-order chi connectivity index (χ0) is 13.1. The molecule has 1 amide bonds. The lowest BCUT2D eigenvalue weighted by atomic mass is 9.91. The number of phenolic OH excluding ortho intramolecular Hbond substituents is 2. The Kier molecular flexibility index (Phi) is 3.97. The first-order valence-electron chi connectivity index (χ1n) is 6.03. The summed E-state index contributed by atoms with van der Waals surface area (Å²) >= 11 is 5.71. The quantitative estimate of drug-likeness (QED) is 0.825. The van der Waals surface area contributed by atoms with Gasteiger partial charge in [-0.25, -0.2) is 0 Å². The number of hydrogen-bond acceptors (Lipinski definition) is 3. The van der Waals surface area contributed by atoms with Crippen molar-refractivity contribution in [3.05, 3.63) is 23.8 Å². The van der Waals surface area contributed by atoms with Gasteiger partial charge in [0.2, 0.25) is 0 Å². The predicted molar refractivity (Wildman–Crippen MR) is 69.2 cm³/mol. The van der Waals surface area contributed by atoms with E-state index in [0.29, 0.717) is 12.4 Å². The van der Waals surface area contributed by atoms with E-state index in [1.54, 1.807) is 4.90 Å². The molecule has 98 valence electrons. The Morgan fingerprint density at radius 1 is 1.33 bits per heavy atom. The fraction of sp³-hybridized carbons (Fsp3) is 0.462. The number of amides is 1. The summed E-state index contributed by atoms with van der Waals surface area (Å²) in [4.78, 5) is 14.0. The Labute approximate surface area is 111 Å². The Hall–Kier alpha value is -1.42. The number of carbonyl (C=O) groups excluding carboxylic acids is 1. The molecule has 1 aromatic carbocycles. The van der Waals surface area contributed by atoms with Gasteiger partial charge in [0, 0.05) is 18.5 Å². The second-order valence-corrected chi connectivity index (χ2v) is 4.82. The van der Waals surface area contributed by atoms with Crippen LogP contribution in [0.1, 0.15) is 29.6 Å². The molecule has 0 saturated heterocycles. The molecular weight excluding hydrogens is 254 g/mol. The molecule has 0 aromatic heterocycles. The number of halogens is 1. The molecule has 1 aromatic rings. The number of phenols is 2. The average molecular weight is 270 g/mol. The van der Waals surface area contributed by atoms with Gasteiger partial charge in [0.1, 0.15) is 17.1 Å². The Bertz CT molecular complexity index is 426. The van der Waals surface area contributed by atoms with Crippen molar-refractivity contribution >= 4 is 17.5 Å². The highest BCUT2D eigenvalue weighted by atomic mass is 35.5. The molecule has 0 bridgehead atoms. The van der Waals surface area contributed by atoms with Crippen LogP contribution in [-0.2, 0) is 0 Å². The van der Waals surface area contributed by atoms with E-state index in [1.165, 1.54) is 18.2 Å². The fourth-order valence-corrected chi connectivity index (χ4v) is 2.31. The molecule has 1 aliphatic carbocycles. The minimum Gasteiger partial charge on any atom is -0.507 e. The highest BCUT2D eigenvalue weighted by Crippen LogP contribution is 2.32. The first kappa shape index (κ1) is 13.0. The van der Waals surface area contributed by atoms with Crippen LogP contribution in [0.4, 0.5) is 0 Å². The highest BCUT2D eigenvalue weighted by Gasteiger charge is 2.31. The van der Waals surface area contributed by atoms with Gasteiger partial charge in [0.25, 0.3) is 5.91 Å². The van der Waals surface area contributed by atoms with Gasteiger partial charge in [-0.15, -0.1) is 11.6 Å². The number of nitrogens with zero attached hydrogens (tertiary/aromatic N) is 1. The molecule has 0 aliphatic heterocycles. The summed E-state index contributed by atoms with van der Waals surface area (Å²) in [5, 5.41) is 19.4. The van der Waals surface area contributed by atoms with Crippen molar-refractivity contribution < 1.29 is 15.0 Å². The van der Waals surface area contributed by atoms with E-state index >= 15 is 0 Å². The van der Waals surface area contributed by atoms with Gasteiger partial charge in [-0.1, -0.05) is 6.07 Å². The zero-order valence-corrected chi connectivity index (χ0v) is 10.7. The molecule has 1 aliphatic rings. The van der Waals surface area contributed by atoms with E-state index in [0.717, 1.165) is 19.3 Å². The monoisotopic (exact) mass is 269 g/mol. The Balaban J connectivity index is 2.27. The van der Waals surface area contributed by atoms with Gasteiger partial charge in [-0.05, 0) is 31.4 Å². The van der Waals surface area contributed by atoms with Crippen LogP contribution in [-0.4, -0.2) is 39.5 Å². The van der Waals surface area contributed by atoms with Crippen LogP contribution >= 0.6 is 11.6 Å². The molecule has 0 atom stereocenters. The van der Waals surface area contributed by atoms with Crippen molar-refractivity contribution in [1.82, 2.24) is 4.90 Å². The summed E-state index contributed by atoms with van der Waals surface area (Å²) in [6.45, 7) is 0.429. The molecule has 18 heavy (non-hydrogen) atoms. The zero-order valence-electron chi connectivity index (χ0n) is 9.97. The van der Waals surface area contributed by atoms with Crippen LogP contribution in [0.15, 0.2) is 18.2 Å². The molecule has 0 heterocycles. The summed E-state index contributed by atoms with van der Waals surface area (Å²) < 4.78 is 0. The maximum absolute atomic E-state index is 12.4. The minimum absolute atomic E-state index is 0.0329. The van der Waals surface area contributed by atoms with Crippen LogP contribution in [0.2, 0.25) is 0 Å². The van der Waals surface area contributed by atoms with E-state index in [1.807, 2.05) is 0 Å². The average Bonchev–Trinajstić information content (AvgIpc) is 2.25. The topological polar surface area (TPSA) is 60.8 Å². The van der Waals surface area contributed by atoms with E-state index in [2.05, 4.69) is 0 Å². The predicted octanol–water partition coefficient (Wildman–Crippen LogP) is 2.33. The molecule has 1 fully saturated rings. The van der Waals surface area contributed by atoms with Crippen molar-refractivity contribution in [2.75, 3.05) is 12.4 Å². The first-order valence-corrected chi connectivity index (χ1v) is 6.56. The maximum atomic E-state index is 12.4. The fourth-order valence-electron chi connectivity index (χ4n) is 2.13. The molecule has 1 saturated carbocycles. The lowest BCUT2D eigenvalue weighted by Crippen LogP contribution is -2.45. The van der Waals surface area contributed by atoms with Crippen molar-refractivity contribution in [2.45, 2.75) is 25.3 Å². The summed E-state index contributed by atoms with van der Waals surface area (Å²) in [6.07, 6.45) is 3.01. The third kappa shape index (κ3) is 2.38. The minimum atomic E-state index is -0.351. The van der Waals surface area contributed by atoms with Gasteiger partial charge in [-0.3, -0.25) is 4.79 Å². The summed E-state index contributed by atoms with van der Waals surface area (Å²) in [6, 6.07) is 4.46. The van der Waals surface area contributed by atoms with Gasteiger partial charge >= 0.3 is 0 Å². The number of hydrogen-bond donors (Lipinski definition) is 2. The molecule has 0 radical (unpaired) electrons. The van der Waals surface area contributed by atoms with E-state index in [-0.39, 0.29) is 29.0 Å². The SMILES string of the molecule is O=C(c1c(O)cccc1O)N(CCCl)C1CCC1. The van der Waals surface area contributed by atoms with Crippen LogP contribution in [0.3, 0.4) is 0 Å². The van der Waals surface area contributed by atoms with Crippen molar-refractivity contribution in [3.63, 3.8) is 0 Å². The normalized spacial score (nSPS) is 15.2. The largest absolute Gasteiger partial charge is 0.507 e. The molecule has 0 unspecified atom stereocenters. The third-order valence-electron chi connectivity index (χ3n) is 3.34. The summed E-state index contributed by atoms with van der Waals surface area (Å²) in [5.74, 6) is -0.398. The number of alkyl halides is 1. The third-order valence-corrected chi connectivity index (χ3v) is 3.51. The Morgan fingerprint density at radius 2 is 1.94 bits per heavy atom. The molecule has 2 rings (SSSR count). The van der Waals surface area contributed by atoms with Gasteiger partial charge < -0.3 is 15.1 Å². The first-order chi connectivity index (χ1) is 8.65. The molecule has 2 N–H and O–H groups in total. The maximum Gasteiger partial charge on any atom is 0.261 e. The molecular formula is C13H16ClNO3. The van der Waals surface area contributed by atoms with Crippen LogP contribution in [0.25, 0.3) is 0 Å². The number of benzene rings is 1. The standard InChI is InChI=1S/C13H16ClNO3/c14-7-8-15(9-3-1-4-9)13(18)12-10(16)5-2-6-11(12)17/h2,5-6,9,16-17H,1,3-4,7-8H2. The highest BCUT2D eigenvalue weighted by molar-refractivity contribution is 6.18. The van der Waals surface area contributed by atoms with Crippen molar-refractivity contribution in [2.24, 2.45) is 0 Å². The number of aromatic hydroxyl groups is 2. The van der Waals surface area contributed by atoms with Crippen molar-refractivity contribution in [1.29, 1.82) is 0 Å². The smallest absolute Gasteiger partial charge is 0.261 e. The van der Waals surface area contributed by atoms with E-state index < -0.39 is 0 Å². The number of carbonyl (C=O) groups is 1. The van der Waals surface area contributed by atoms with E-state index in [9.17, 15) is 15.0 Å². The second-order valence-electron chi connectivity index (χ2n) is 4.44. The molecule has 4 nitrogen and oxygen atoms in total. The number of rotatable bonds is 4. The van der Waals surface area contributed by atoms with Gasteiger partial charge in [0.05, 0.1) is 0 Å². The van der Waals surface area contributed by atoms with Gasteiger partial charge in [-0.2, -0.15) is 0 Å². The van der Waals surface area contributed by atoms with Crippen LogP contribution in [0.5, 0.6) is 11.5 Å². The van der Waals surface area contributed by atoms with Crippen molar-refractivity contribution in [3.8, 4) is 11.5 Å². The van der Waals surface area contributed by atoms with Crippen LogP contribution < -0.4 is 0 Å². The van der Waals surface area contributed by atoms with E-state index in [4.69, 9.17) is 11.6 Å². The Morgan fingerprint density at radius 3 is 2.39 bits per heavy atom. The summed E-state index contributed by atoms with van der Waals surface area (Å²) in [7, 11) is 0. The summed E-state index contributed by atoms with van der Waals surface area (Å²) in [5.41, 5.74) is -0.0329. The van der Waals surface area contributed by atoms with Gasteiger partial charge in [0.15, 0.2) is 0 Å².